The Labute approximate surface area is 76.8 Å². The number of likely N-dealkylation sites (N-methyl/N-ethyl adjacent to an activating group) is 1. The fraction of sp³-hybridized carbons (Fsp3) is 1.00. The maximum absolute atomic E-state index is 12.1. The van der Waals surface area contributed by atoms with Gasteiger partial charge in [0, 0.05) is 19.1 Å². The number of sulfonamides is 1. The van der Waals surface area contributed by atoms with E-state index in [1.54, 1.807) is 0 Å². The minimum atomic E-state index is -4.53. The second-order valence-corrected chi connectivity index (χ2v) is 5.22. The quantitative estimate of drug-likeness (QED) is 0.730. The van der Waals surface area contributed by atoms with E-state index in [0.29, 0.717) is 4.31 Å². The molecule has 7 heteroatoms. The number of nitrogens with zero attached hydrogens (tertiary/aromatic N) is 1. The molecule has 0 saturated carbocycles. The summed E-state index contributed by atoms with van der Waals surface area (Å²) in [5.74, 6) is -3.40. The largest absolute Gasteiger partial charge is 0.350 e. The van der Waals surface area contributed by atoms with Crippen LogP contribution in [0.3, 0.4) is 0 Å². The van der Waals surface area contributed by atoms with Crippen molar-refractivity contribution < 1.29 is 17.2 Å². The zero-order chi connectivity index (χ0) is 10.9. The molecule has 0 radical (unpaired) electrons. The summed E-state index contributed by atoms with van der Waals surface area (Å²) in [5, 5.41) is 0. The third-order valence-corrected chi connectivity index (χ3v) is 3.67. The lowest BCUT2D eigenvalue weighted by Crippen LogP contribution is -2.51. The average molecular weight is 216 g/mol. The van der Waals surface area contributed by atoms with E-state index in [1.165, 1.54) is 13.8 Å². The van der Waals surface area contributed by atoms with Crippen LogP contribution in [0.4, 0.5) is 8.78 Å². The number of hydrogen-bond acceptors (Lipinski definition) is 3. The fourth-order valence-electron chi connectivity index (χ4n) is 0.593. The summed E-state index contributed by atoms with van der Waals surface area (Å²) in [6.45, 7) is 2.94. The molecule has 4 nitrogen and oxygen atoms in total. The molecule has 0 aliphatic carbocycles. The minimum absolute atomic E-state index is 0.0184. The Morgan fingerprint density at radius 3 is 2.08 bits per heavy atom. The van der Waals surface area contributed by atoms with E-state index in [1.807, 2.05) is 0 Å². The second-order valence-electron chi connectivity index (χ2n) is 3.29. The van der Waals surface area contributed by atoms with Gasteiger partial charge in [0.05, 0.1) is 0 Å². The summed E-state index contributed by atoms with van der Waals surface area (Å²) < 4.78 is 46.6. The number of halogens is 2. The van der Waals surface area contributed by atoms with Crippen molar-refractivity contribution in [2.75, 3.05) is 13.6 Å². The maximum atomic E-state index is 12.1. The highest BCUT2D eigenvalue weighted by Crippen LogP contribution is 2.19. The topological polar surface area (TPSA) is 63.4 Å². The first-order valence-corrected chi connectivity index (χ1v) is 5.12. The molecule has 80 valence electrons. The maximum Gasteiger partial charge on any atom is 0.350 e. The van der Waals surface area contributed by atoms with Gasteiger partial charge < -0.3 is 5.73 Å². The molecule has 0 saturated heterocycles. The molecule has 0 amide bonds. The summed E-state index contributed by atoms with van der Waals surface area (Å²) in [5.41, 5.74) is 4.26. The monoisotopic (exact) mass is 216 g/mol. The predicted octanol–water partition coefficient (Wildman–Crippen LogP) is 0.208. The predicted molar refractivity (Wildman–Crippen MR) is 45.8 cm³/mol. The summed E-state index contributed by atoms with van der Waals surface area (Å²) >= 11 is 0. The molecule has 0 aromatic carbocycles. The van der Waals surface area contributed by atoms with Crippen molar-refractivity contribution in [1.29, 1.82) is 0 Å². The summed E-state index contributed by atoms with van der Waals surface area (Å²) in [7, 11) is -3.44. The van der Waals surface area contributed by atoms with Crippen molar-refractivity contribution in [2.24, 2.45) is 5.73 Å². The van der Waals surface area contributed by atoms with Crippen molar-refractivity contribution in [3.8, 4) is 0 Å². The van der Waals surface area contributed by atoms with Crippen LogP contribution in [-0.2, 0) is 10.0 Å². The Bertz CT molecular complexity index is 264. The van der Waals surface area contributed by atoms with E-state index in [4.69, 9.17) is 5.73 Å². The van der Waals surface area contributed by atoms with Crippen molar-refractivity contribution in [3.63, 3.8) is 0 Å². The van der Waals surface area contributed by atoms with Gasteiger partial charge in [-0.3, -0.25) is 0 Å². The van der Waals surface area contributed by atoms with Gasteiger partial charge in [0.2, 0.25) is 0 Å². The Hall–Kier alpha value is -0.270. The van der Waals surface area contributed by atoms with E-state index in [9.17, 15) is 17.2 Å². The van der Waals surface area contributed by atoms with Gasteiger partial charge in [0.1, 0.15) is 0 Å². The molecule has 0 spiro atoms. The molecule has 0 aliphatic rings. The van der Waals surface area contributed by atoms with Gasteiger partial charge in [0.25, 0.3) is 10.0 Å². The summed E-state index contributed by atoms with van der Waals surface area (Å²) in [6, 6.07) is 0. The first-order valence-electron chi connectivity index (χ1n) is 3.62. The van der Waals surface area contributed by atoms with Crippen LogP contribution in [0.2, 0.25) is 0 Å². The molecule has 0 aliphatic heterocycles. The van der Waals surface area contributed by atoms with Crippen LogP contribution in [0.5, 0.6) is 0 Å². The first kappa shape index (κ1) is 12.7. The normalized spacial score (nSPS) is 14.2. The minimum Gasteiger partial charge on any atom is -0.329 e. The fourth-order valence-corrected chi connectivity index (χ4v) is 1.60. The van der Waals surface area contributed by atoms with Gasteiger partial charge in [-0.25, -0.2) is 8.42 Å². The van der Waals surface area contributed by atoms with Crippen LogP contribution >= 0.6 is 0 Å². The molecule has 0 fully saturated rings. The zero-order valence-corrected chi connectivity index (χ0v) is 8.61. The average Bonchev–Trinajstić information content (AvgIpc) is 2.02. The Morgan fingerprint density at radius 2 is 1.85 bits per heavy atom. The van der Waals surface area contributed by atoms with Crippen LogP contribution in [0.25, 0.3) is 0 Å². The highest BCUT2D eigenvalue weighted by atomic mass is 32.2. The third kappa shape index (κ3) is 2.58. The lowest BCUT2D eigenvalue weighted by atomic mass is 10.1. The molecule has 13 heavy (non-hydrogen) atoms. The van der Waals surface area contributed by atoms with Gasteiger partial charge in [-0.15, -0.1) is 0 Å². The van der Waals surface area contributed by atoms with Crippen LogP contribution in [0.1, 0.15) is 13.8 Å². The van der Waals surface area contributed by atoms with E-state index >= 15 is 0 Å². The molecule has 0 aromatic rings. The van der Waals surface area contributed by atoms with Gasteiger partial charge in [-0.2, -0.15) is 13.1 Å². The molecule has 0 unspecified atom stereocenters. The van der Waals surface area contributed by atoms with Crippen molar-refractivity contribution >= 4 is 10.0 Å². The third-order valence-electron chi connectivity index (χ3n) is 1.96. The van der Waals surface area contributed by atoms with E-state index < -0.39 is 21.3 Å². The molecule has 0 heterocycles. The van der Waals surface area contributed by atoms with Crippen LogP contribution in [0, 0.1) is 0 Å². The smallest absolute Gasteiger partial charge is 0.329 e. The van der Waals surface area contributed by atoms with Crippen molar-refractivity contribution in [3.05, 3.63) is 0 Å². The Morgan fingerprint density at radius 1 is 1.46 bits per heavy atom. The Balaban J connectivity index is 4.91. The van der Waals surface area contributed by atoms with Crippen LogP contribution < -0.4 is 5.73 Å². The van der Waals surface area contributed by atoms with Gasteiger partial charge in [0.15, 0.2) is 0 Å². The van der Waals surface area contributed by atoms with E-state index in [-0.39, 0.29) is 6.54 Å². The van der Waals surface area contributed by atoms with E-state index in [0.717, 1.165) is 7.05 Å². The first-order chi connectivity index (χ1) is 5.66. The molecular formula is C6H14F2N2O2S. The van der Waals surface area contributed by atoms with Crippen LogP contribution in [-0.4, -0.2) is 37.6 Å². The highest BCUT2D eigenvalue weighted by Gasteiger charge is 2.37. The lowest BCUT2D eigenvalue weighted by molar-refractivity contribution is 0.198. The molecule has 0 atom stereocenters. The Kier molecular flexibility index (Phi) is 3.77. The molecule has 0 rings (SSSR count). The molecule has 0 aromatic heterocycles. The lowest BCUT2D eigenvalue weighted by Gasteiger charge is -2.32. The number of rotatable bonds is 4. The van der Waals surface area contributed by atoms with Gasteiger partial charge in [-0.05, 0) is 13.8 Å². The SMILES string of the molecule is CN(C(C)(C)CN)S(=O)(=O)C(F)F. The number of nitrogens with two attached hydrogens (primary N) is 1. The van der Waals surface area contributed by atoms with Gasteiger partial charge in [-0.1, -0.05) is 0 Å². The molecular weight excluding hydrogens is 202 g/mol. The van der Waals surface area contributed by atoms with Crippen molar-refractivity contribution in [2.45, 2.75) is 25.1 Å². The van der Waals surface area contributed by atoms with Crippen LogP contribution in [0.15, 0.2) is 0 Å². The van der Waals surface area contributed by atoms with Gasteiger partial charge >= 0.3 is 5.76 Å². The second kappa shape index (κ2) is 3.85. The zero-order valence-electron chi connectivity index (χ0n) is 7.79. The number of alkyl halides is 2. The highest BCUT2D eigenvalue weighted by molar-refractivity contribution is 7.89. The standard InChI is InChI=1S/C6H14F2N2O2S/c1-6(2,4-9)10(3)13(11,12)5(7)8/h5H,4,9H2,1-3H3. The number of hydrogen-bond donors (Lipinski definition) is 1. The molecule has 2 N–H and O–H groups in total. The summed E-state index contributed by atoms with van der Waals surface area (Å²) in [6.07, 6.45) is 0. The summed E-state index contributed by atoms with van der Waals surface area (Å²) in [4.78, 5) is 0. The van der Waals surface area contributed by atoms with Crippen molar-refractivity contribution in [1.82, 2.24) is 4.31 Å². The van der Waals surface area contributed by atoms with E-state index in [2.05, 4.69) is 0 Å². The molecule has 0 bridgehead atoms.